The monoisotopic (exact) mass is 184 g/mol. The molecule has 0 aromatic carbocycles. The molecule has 3 heteroatoms. The minimum absolute atomic E-state index is 0.261. The molecule has 0 amide bonds. The van der Waals surface area contributed by atoms with Crippen LogP contribution in [-0.2, 0) is 12.0 Å². The van der Waals surface area contributed by atoms with Crippen LogP contribution in [0.2, 0.25) is 0 Å². The summed E-state index contributed by atoms with van der Waals surface area (Å²) in [4.78, 5) is 2.70. The lowest BCUT2D eigenvalue weighted by molar-refractivity contribution is 0.604. The van der Waals surface area contributed by atoms with Crippen molar-refractivity contribution in [3.8, 4) is 0 Å². The van der Waals surface area contributed by atoms with Crippen LogP contribution >= 0.6 is 11.3 Å². The fourth-order valence-corrected chi connectivity index (χ4v) is 1.99. The molecule has 0 fully saturated rings. The third-order valence-electron chi connectivity index (χ3n) is 1.68. The Balaban J connectivity index is 2.77. The first kappa shape index (κ1) is 9.71. The lowest BCUT2D eigenvalue weighted by atomic mass is 9.95. The van der Waals surface area contributed by atoms with Crippen molar-refractivity contribution in [1.29, 1.82) is 0 Å². The molecule has 0 aliphatic rings. The molecule has 0 unspecified atom stereocenters. The summed E-state index contributed by atoms with van der Waals surface area (Å²) in [5.41, 5.74) is 2.92. The van der Waals surface area contributed by atoms with Crippen LogP contribution in [0.3, 0.4) is 0 Å². The van der Waals surface area contributed by atoms with Crippen molar-refractivity contribution in [2.75, 3.05) is 0 Å². The van der Waals surface area contributed by atoms with Crippen LogP contribution in [-0.4, -0.2) is 0 Å². The van der Waals surface area contributed by atoms with Crippen LogP contribution in [0.5, 0.6) is 0 Å². The number of rotatable bonds is 2. The maximum atomic E-state index is 5.24. The summed E-state index contributed by atoms with van der Waals surface area (Å²) in [7, 11) is 0. The van der Waals surface area contributed by atoms with Crippen molar-refractivity contribution in [2.45, 2.75) is 32.7 Å². The topological polar surface area (TPSA) is 38.0 Å². The zero-order valence-electron chi connectivity index (χ0n) is 7.85. The summed E-state index contributed by atoms with van der Waals surface area (Å²) < 4.78 is 0. The number of hydrogen-bond acceptors (Lipinski definition) is 3. The van der Waals surface area contributed by atoms with Crippen LogP contribution < -0.4 is 11.3 Å². The summed E-state index contributed by atoms with van der Waals surface area (Å²) in [6, 6.07) is 4.31. The second kappa shape index (κ2) is 3.56. The fourth-order valence-electron chi connectivity index (χ4n) is 0.977. The highest BCUT2D eigenvalue weighted by Gasteiger charge is 2.15. The number of nitrogens with two attached hydrogens (primary N) is 1. The molecule has 1 rings (SSSR count). The SMILES string of the molecule is CC(C)(C)c1ccc(CNN)s1. The normalized spacial score (nSPS) is 12.0. The largest absolute Gasteiger partial charge is 0.271 e. The molecular weight excluding hydrogens is 168 g/mol. The van der Waals surface area contributed by atoms with Gasteiger partial charge in [-0.25, -0.2) is 0 Å². The summed E-state index contributed by atoms with van der Waals surface area (Å²) in [6.45, 7) is 7.43. The van der Waals surface area contributed by atoms with E-state index in [1.165, 1.54) is 9.75 Å². The van der Waals surface area contributed by atoms with Crippen LogP contribution in [0.15, 0.2) is 12.1 Å². The zero-order chi connectivity index (χ0) is 9.19. The van der Waals surface area contributed by atoms with E-state index in [4.69, 9.17) is 5.84 Å². The Hall–Kier alpha value is -0.380. The highest BCUT2D eigenvalue weighted by atomic mass is 32.1. The maximum Gasteiger partial charge on any atom is 0.0442 e. The van der Waals surface area contributed by atoms with Crippen molar-refractivity contribution in [2.24, 2.45) is 5.84 Å². The molecule has 68 valence electrons. The van der Waals surface area contributed by atoms with Gasteiger partial charge in [0.1, 0.15) is 0 Å². The van der Waals surface area contributed by atoms with Crippen molar-refractivity contribution in [1.82, 2.24) is 5.43 Å². The number of nitrogens with one attached hydrogen (secondary N) is 1. The molecule has 1 aromatic heterocycles. The van der Waals surface area contributed by atoms with Gasteiger partial charge < -0.3 is 0 Å². The molecule has 3 N–H and O–H groups in total. The van der Waals surface area contributed by atoms with Gasteiger partial charge in [0, 0.05) is 16.3 Å². The Bertz CT molecular complexity index is 247. The van der Waals surface area contributed by atoms with Crippen molar-refractivity contribution >= 4 is 11.3 Å². The van der Waals surface area contributed by atoms with Crippen LogP contribution in [0.1, 0.15) is 30.5 Å². The summed E-state index contributed by atoms with van der Waals surface area (Å²) in [6.07, 6.45) is 0. The zero-order valence-corrected chi connectivity index (χ0v) is 8.66. The predicted molar refractivity (Wildman–Crippen MR) is 54.0 cm³/mol. The minimum Gasteiger partial charge on any atom is -0.271 e. The summed E-state index contributed by atoms with van der Waals surface area (Å²) in [5.74, 6) is 5.24. The maximum absolute atomic E-state index is 5.24. The van der Waals surface area contributed by atoms with Crippen molar-refractivity contribution in [3.63, 3.8) is 0 Å². The molecule has 12 heavy (non-hydrogen) atoms. The lowest BCUT2D eigenvalue weighted by Crippen LogP contribution is -2.20. The van der Waals surface area contributed by atoms with E-state index in [1.54, 1.807) is 0 Å². The highest BCUT2D eigenvalue weighted by Crippen LogP contribution is 2.29. The Labute approximate surface area is 77.8 Å². The third-order valence-corrected chi connectivity index (χ3v) is 3.19. The fraction of sp³-hybridized carbons (Fsp3) is 0.556. The summed E-state index contributed by atoms with van der Waals surface area (Å²) in [5, 5.41) is 0. The Morgan fingerprint density at radius 3 is 2.50 bits per heavy atom. The Morgan fingerprint density at radius 2 is 2.08 bits per heavy atom. The highest BCUT2D eigenvalue weighted by molar-refractivity contribution is 7.12. The van der Waals surface area contributed by atoms with Gasteiger partial charge in [0.05, 0.1) is 0 Å². The lowest BCUT2D eigenvalue weighted by Gasteiger charge is -2.15. The van der Waals surface area contributed by atoms with E-state index in [-0.39, 0.29) is 5.41 Å². The number of thiophene rings is 1. The van der Waals surface area contributed by atoms with Gasteiger partial charge in [-0.05, 0) is 17.5 Å². The second-order valence-electron chi connectivity index (χ2n) is 3.90. The minimum atomic E-state index is 0.261. The average molecular weight is 184 g/mol. The van der Waals surface area contributed by atoms with Crippen molar-refractivity contribution in [3.05, 3.63) is 21.9 Å². The molecule has 0 spiro atoms. The van der Waals surface area contributed by atoms with E-state index in [0.717, 1.165) is 6.54 Å². The van der Waals surface area contributed by atoms with E-state index >= 15 is 0 Å². The predicted octanol–water partition coefficient (Wildman–Crippen LogP) is 2.01. The molecule has 0 aliphatic heterocycles. The van der Waals surface area contributed by atoms with Crippen LogP contribution in [0.25, 0.3) is 0 Å². The van der Waals surface area contributed by atoms with Gasteiger partial charge in [-0.15, -0.1) is 11.3 Å². The first-order valence-electron chi connectivity index (χ1n) is 4.06. The molecule has 0 aliphatic carbocycles. The van der Waals surface area contributed by atoms with Gasteiger partial charge in [-0.2, -0.15) is 0 Å². The van der Waals surface area contributed by atoms with E-state index in [9.17, 15) is 0 Å². The van der Waals surface area contributed by atoms with Gasteiger partial charge in [0.25, 0.3) is 0 Å². The second-order valence-corrected chi connectivity index (χ2v) is 5.07. The molecule has 1 aromatic rings. The van der Waals surface area contributed by atoms with Gasteiger partial charge in [0.15, 0.2) is 0 Å². The molecule has 0 bridgehead atoms. The van der Waals surface area contributed by atoms with Gasteiger partial charge in [-0.1, -0.05) is 20.8 Å². The molecular formula is C9H16N2S. The molecule has 0 saturated carbocycles. The molecule has 1 heterocycles. The van der Waals surface area contributed by atoms with E-state index in [1.807, 2.05) is 11.3 Å². The van der Waals surface area contributed by atoms with Crippen molar-refractivity contribution < 1.29 is 0 Å². The van der Waals surface area contributed by atoms with Gasteiger partial charge in [-0.3, -0.25) is 11.3 Å². The number of hydrazine groups is 1. The smallest absolute Gasteiger partial charge is 0.0442 e. The van der Waals surface area contributed by atoms with E-state index < -0.39 is 0 Å². The number of hydrogen-bond donors (Lipinski definition) is 2. The van der Waals surface area contributed by atoms with Gasteiger partial charge >= 0.3 is 0 Å². The van der Waals surface area contributed by atoms with Gasteiger partial charge in [0.2, 0.25) is 0 Å². The molecule has 0 saturated heterocycles. The Kier molecular flexibility index (Phi) is 2.88. The first-order chi connectivity index (χ1) is 5.54. The quantitative estimate of drug-likeness (QED) is 0.545. The average Bonchev–Trinajstić information content (AvgIpc) is 2.35. The third kappa shape index (κ3) is 2.30. The molecule has 2 nitrogen and oxygen atoms in total. The standard InChI is InChI=1S/C9H16N2S/c1-9(2,3)8-5-4-7(12-8)6-11-10/h4-5,11H,6,10H2,1-3H3. The summed E-state index contributed by atoms with van der Waals surface area (Å²) >= 11 is 1.82. The molecule has 0 atom stereocenters. The van der Waals surface area contributed by atoms with Crippen LogP contribution in [0.4, 0.5) is 0 Å². The van der Waals surface area contributed by atoms with E-state index in [0.29, 0.717) is 0 Å². The van der Waals surface area contributed by atoms with E-state index in [2.05, 4.69) is 38.3 Å². The first-order valence-corrected chi connectivity index (χ1v) is 4.88. The molecule has 0 radical (unpaired) electrons. The Morgan fingerprint density at radius 1 is 1.42 bits per heavy atom. The van der Waals surface area contributed by atoms with Crippen LogP contribution in [0, 0.1) is 0 Å².